The van der Waals surface area contributed by atoms with Crippen LogP contribution in [-0.2, 0) is 0 Å². The van der Waals surface area contributed by atoms with Gasteiger partial charge in [0, 0.05) is 39.3 Å². The molecule has 4 aromatic carbocycles. The molecule has 0 N–H and O–H groups in total. The molecule has 9 rings (SSSR count). The Morgan fingerprint density at radius 1 is 0.549 bits per heavy atom. The van der Waals surface area contributed by atoms with Crippen LogP contribution in [0.2, 0.25) is 0 Å². The largest absolute Gasteiger partial charge is 0.361 e. The fourth-order valence-electron chi connectivity index (χ4n) is 6.90. The molecule has 0 saturated heterocycles. The number of pyridine rings is 4. The molecule has 0 fully saturated rings. The Labute approximate surface area is 293 Å². The van der Waals surface area contributed by atoms with Gasteiger partial charge in [0.1, 0.15) is 18.0 Å². The lowest BCUT2D eigenvalue weighted by Gasteiger charge is -2.12. The second kappa shape index (κ2) is 12.2. The van der Waals surface area contributed by atoms with Crippen LogP contribution in [0.4, 0.5) is 5.82 Å². The van der Waals surface area contributed by atoms with E-state index >= 15 is 0 Å². The van der Waals surface area contributed by atoms with E-state index in [1.807, 2.05) is 54.6 Å². The van der Waals surface area contributed by atoms with E-state index < -0.39 is 0 Å². The van der Waals surface area contributed by atoms with Gasteiger partial charge in [0.2, 0.25) is 0 Å². The van der Waals surface area contributed by atoms with Crippen molar-refractivity contribution in [3.8, 4) is 56.8 Å². The van der Waals surface area contributed by atoms with E-state index in [9.17, 15) is 5.26 Å². The van der Waals surface area contributed by atoms with E-state index in [-0.39, 0.29) is 0 Å². The van der Waals surface area contributed by atoms with E-state index in [2.05, 4.69) is 98.2 Å². The van der Waals surface area contributed by atoms with Gasteiger partial charge in [0.25, 0.3) is 5.82 Å². The Balaban J connectivity index is 1.28. The van der Waals surface area contributed by atoms with Gasteiger partial charge in [-0.05, 0) is 89.1 Å². The van der Waals surface area contributed by atoms with E-state index in [0.717, 1.165) is 83.3 Å². The molecule has 5 heterocycles. The van der Waals surface area contributed by atoms with Gasteiger partial charge in [-0.15, -0.1) is 4.98 Å². The lowest BCUT2D eigenvalue weighted by atomic mass is 9.96. The minimum absolute atomic E-state index is 0.339. The van der Waals surface area contributed by atoms with E-state index in [1.54, 1.807) is 24.5 Å². The van der Waals surface area contributed by atoms with Gasteiger partial charge >= 0.3 is 0 Å². The molecule has 5 aromatic heterocycles. The zero-order chi connectivity index (χ0) is 34.3. The minimum Gasteiger partial charge on any atom is -0.361 e. The van der Waals surface area contributed by atoms with Gasteiger partial charge in [0.05, 0.1) is 33.8 Å². The van der Waals surface area contributed by atoms with E-state index in [0.29, 0.717) is 11.5 Å². The maximum atomic E-state index is 9.40. The highest BCUT2D eigenvalue weighted by Crippen LogP contribution is 2.42. The number of fused-ring (bicyclic) bond motifs is 5. The van der Waals surface area contributed by atoms with Gasteiger partial charge in [-0.1, -0.05) is 73.3 Å². The SMILES string of the molecule is [C-]#[N+]c1cc(-c2cccc(-c3cc4c(c5ccccc35)c3ccc(-c5cccc(-c6ccnc(C#N)c6)n5)cc3n4-c3ccccc3)n2)ccn1. The van der Waals surface area contributed by atoms with Crippen LogP contribution in [-0.4, -0.2) is 24.5 Å². The number of nitrogens with zero attached hydrogens (tertiary/aromatic N) is 7. The molecule has 0 amide bonds. The summed E-state index contributed by atoms with van der Waals surface area (Å²) in [6.07, 6.45) is 3.29. The Morgan fingerprint density at radius 2 is 1.20 bits per heavy atom. The first-order chi connectivity index (χ1) is 25.2. The molecule has 0 unspecified atom stereocenters. The number of nitriles is 1. The van der Waals surface area contributed by atoms with Crippen molar-refractivity contribution in [1.29, 1.82) is 5.26 Å². The molecule has 7 heteroatoms. The van der Waals surface area contributed by atoms with Crippen LogP contribution in [0.5, 0.6) is 0 Å². The van der Waals surface area contributed by atoms with Crippen LogP contribution in [0.15, 0.2) is 152 Å². The summed E-state index contributed by atoms with van der Waals surface area (Å²) in [6, 6.07) is 49.1. The molecule has 0 atom stereocenters. The molecule has 236 valence electrons. The number of hydrogen-bond donors (Lipinski definition) is 0. The molecule has 0 bridgehead atoms. The lowest BCUT2D eigenvalue weighted by molar-refractivity contribution is 1.18. The molecule has 0 saturated carbocycles. The fourth-order valence-corrected chi connectivity index (χ4v) is 6.90. The Morgan fingerprint density at radius 3 is 1.94 bits per heavy atom. The van der Waals surface area contributed by atoms with Crippen LogP contribution >= 0.6 is 0 Å². The lowest BCUT2D eigenvalue weighted by Crippen LogP contribution is -1.95. The fraction of sp³-hybridized carbons (Fsp3) is 0. The highest BCUT2D eigenvalue weighted by Gasteiger charge is 2.20. The summed E-state index contributed by atoms with van der Waals surface area (Å²) >= 11 is 0. The van der Waals surface area contributed by atoms with Crippen molar-refractivity contribution >= 4 is 38.4 Å². The van der Waals surface area contributed by atoms with Crippen molar-refractivity contribution in [3.05, 3.63) is 169 Å². The van der Waals surface area contributed by atoms with Gasteiger partial charge in [-0.25, -0.2) is 15.0 Å². The zero-order valence-corrected chi connectivity index (χ0v) is 27.1. The average molecular weight is 652 g/mol. The molecule has 0 aliphatic rings. The minimum atomic E-state index is 0.339. The third kappa shape index (κ3) is 5.14. The molecule has 0 spiro atoms. The van der Waals surface area contributed by atoms with E-state index in [4.69, 9.17) is 16.5 Å². The van der Waals surface area contributed by atoms with Crippen LogP contribution in [0.1, 0.15) is 5.69 Å². The van der Waals surface area contributed by atoms with Crippen molar-refractivity contribution in [2.45, 2.75) is 0 Å². The molecule has 0 radical (unpaired) electrons. The summed E-state index contributed by atoms with van der Waals surface area (Å²) in [5, 5.41) is 13.9. The standard InChI is InChI=1S/C44H25N7/c1-46-43-25-30(20-22-48-43)39-15-8-16-40(50-39)36-26-42-44(34-12-6-5-11-33(34)36)35-18-17-28(24-41(35)51(42)32-9-3-2-4-10-32)37-13-7-14-38(49-37)29-19-21-47-31(23-29)27-45/h2-26H. The summed E-state index contributed by atoms with van der Waals surface area (Å²) in [6.45, 7) is 7.43. The molecule has 51 heavy (non-hydrogen) atoms. The van der Waals surface area contributed by atoms with Gasteiger partial charge in [-0.3, -0.25) is 0 Å². The molecular formula is C44H25N7. The van der Waals surface area contributed by atoms with E-state index in [1.165, 1.54) is 0 Å². The molecule has 9 aromatic rings. The van der Waals surface area contributed by atoms with Crippen molar-refractivity contribution in [3.63, 3.8) is 0 Å². The number of aromatic nitrogens is 5. The Hall–Kier alpha value is -7.48. The second-order valence-electron chi connectivity index (χ2n) is 12.1. The van der Waals surface area contributed by atoms with Crippen LogP contribution in [0.25, 0.3) is 88.1 Å². The molecule has 7 nitrogen and oxygen atoms in total. The van der Waals surface area contributed by atoms with Crippen LogP contribution in [0, 0.1) is 17.9 Å². The first-order valence-electron chi connectivity index (χ1n) is 16.4. The number of rotatable bonds is 5. The Kier molecular flexibility index (Phi) is 7.09. The topological polar surface area (TPSA) is 84.6 Å². The van der Waals surface area contributed by atoms with Crippen molar-refractivity contribution in [1.82, 2.24) is 24.5 Å². The normalized spacial score (nSPS) is 11.1. The zero-order valence-electron chi connectivity index (χ0n) is 27.1. The van der Waals surface area contributed by atoms with Crippen LogP contribution < -0.4 is 0 Å². The predicted molar refractivity (Wildman–Crippen MR) is 202 cm³/mol. The molecule has 0 aliphatic carbocycles. The molecule has 0 aliphatic heterocycles. The smallest absolute Gasteiger partial charge is 0.270 e. The first-order valence-corrected chi connectivity index (χ1v) is 16.4. The highest BCUT2D eigenvalue weighted by molar-refractivity contribution is 6.24. The summed E-state index contributed by atoms with van der Waals surface area (Å²) < 4.78 is 2.32. The average Bonchev–Trinajstić information content (AvgIpc) is 3.54. The third-order valence-corrected chi connectivity index (χ3v) is 9.18. The van der Waals surface area contributed by atoms with Crippen LogP contribution in [0.3, 0.4) is 0 Å². The summed E-state index contributed by atoms with van der Waals surface area (Å²) in [7, 11) is 0. The predicted octanol–water partition coefficient (Wildman–Crippen LogP) is 10.6. The molecular weight excluding hydrogens is 627 g/mol. The first kappa shape index (κ1) is 29.6. The summed E-state index contributed by atoms with van der Waals surface area (Å²) in [5.41, 5.74) is 10.4. The summed E-state index contributed by atoms with van der Waals surface area (Å²) in [4.78, 5) is 21.9. The maximum absolute atomic E-state index is 9.40. The highest BCUT2D eigenvalue weighted by atomic mass is 15.0. The third-order valence-electron chi connectivity index (χ3n) is 9.18. The monoisotopic (exact) mass is 651 g/mol. The quantitative estimate of drug-likeness (QED) is 0.173. The number of hydrogen-bond acceptors (Lipinski definition) is 5. The number of para-hydroxylation sites is 1. The Bertz CT molecular complexity index is 2890. The van der Waals surface area contributed by atoms with Crippen molar-refractivity contribution in [2.24, 2.45) is 0 Å². The van der Waals surface area contributed by atoms with Crippen molar-refractivity contribution < 1.29 is 0 Å². The van der Waals surface area contributed by atoms with Gasteiger partial charge in [0.15, 0.2) is 0 Å². The van der Waals surface area contributed by atoms with Gasteiger partial charge < -0.3 is 9.41 Å². The second-order valence-corrected chi connectivity index (χ2v) is 12.1. The number of benzene rings is 4. The van der Waals surface area contributed by atoms with Gasteiger partial charge in [-0.2, -0.15) is 5.26 Å². The maximum Gasteiger partial charge on any atom is 0.270 e. The summed E-state index contributed by atoms with van der Waals surface area (Å²) in [5.74, 6) is 0.339. The van der Waals surface area contributed by atoms with Crippen molar-refractivity contribution in [2.75, 3.05) is 0 Å².